The van der Waals surface area contributed by atoms with Crippen molar-refractivity contribution < 1.29 is 0 Å². The van der Waals surface area contributed by atoms with Gasteiger partial charge in [0.25, 0.3) is 0 Å². The van der Waals surface area contributed by atoms with Crippen molar-refractivity contribution in [2.24, 2.45) is 7.05 Å². The van der Waals surface area contributed by atoms with E-state index < -0.39 is 0 Å². The molecule has 0 saturated heterocycles. The number of hydrogen-bond donors (Lipinski definition) is 0. The standard InChI is InChI=1S/C12H15N5/c1-9-15(2)10-5-4-7-13-12(10)17(9)11-6-8-14-16(11)3/h4-9H,1-3H3/t9-/m0/s1. The van der Waals surface area contributed by atoms with E-state index in [1.54, 1.807) is 0 Å². The molecule has 88 valence electrons. The average Bonchev–Trinajstić information content (AvgIpc) is 2.84. The Bertz CT molecular complexity index is 547. The molecule has 1 atom stereocenters. The molecule has 0 N–H and O–H groups in total. The first-order valence-electron chi connectivity index (χ1n) is 5.65. The highest BCUT2D eigenvalue weighted by molar-refractivity contribution is 5.78. The van der Waals surface area contributed by atoms with Gasteiger partial charge >= 0.3 is 0 Å². The van der Waals surface area contributed by atoms with Gasteiger partial charge in [-0.15, -0.1) is 0 Å². The van der Waals surface area contributed by atoms with Crippen molar-refractivity contribution >= 4 is 17.3 Å². The van der Waals surface area contributed by atoms with E-state index in [0.29, 0.717) is 0 Å². The topological polar surface area (TPSA) is 37.2 Å². The molecular weight excluding hydrogens is 214 g/mol. The molecule has 17 heavy (non-hydrogen) atoms. The van der Waals surface area contributed by atoms with Gasteiger partial charge in [-0.3, -0.25) is 9.58 Å². The normalized spacial score (nSPS) is 18.6. The lowest BCUT2D eigenvalue weighted by atomic mass is 10.4. The molecule has 0 aliphatic carbocycles. The third-order valence-corrected chi connectivity index (χ3v) is 3.35. The highest BCUT2D eigenvalue weighted by Gasteiger charge is 2.33. The van der Waals surface area contributed by atoms with Gasteiger partial charge in [0.1, 0.15) is 12.0 Å². The minimum atomic E-state index is 0.246. The minimum Gasteiger partial charge on any atom is -0.351 e. The van der Waals surface area contributed by atoms with E-state index in [1.807, 2.05) is 36.3 Å². The molecule has 0 aromatic carbocycles. The molecule has 5 nitrogen and oxygen atoms in total. The third-order valence-electron chi connectivity index (χ3n) is 3.35. The number of nitrogens with zero attached hydrogens (tertiary/aromatic N) is 5. The Morgan fingerprint density at radius 1 is 1.18 bits per heavy atom. The van der Waals surface area contributed by atoms with Gasteiger partial charge in [-0.05, 0) is 19.1 Å². The molecule has 0 bridgehead atoms. The summed E-state index contributed by atoms with van der Waals surface area (Å²) in [4.78, 5) is 8.90. The fourth-order valence-electron chi connectivity index (χ4n) is 2.30. The summed E-state index contributed by atoms with van der Waals surface area (Å²) < 4.78 is 1.87. The van der Waals surface area contributed by atoms with E-state index in [4.69, 9.17) is 0 Å². The second-order valence-electron chi connectivity index (χ2n) is 4.27. The maximum absolute atomic E-state index is 4.48. The number of aromatic nitrogens is 3. The zero-order valence-corrected chi connectivity index (χ0v) is 10.2. The van der Waals surface area contributed by atoms with E-state index in [-0.39, 0.29) is 6.17 Å². The van der Waals surface area contributed by atoms with Gasteiger partial charge in [0.2, 0.25) is 0 Å². The van der Waals surface area contributed by atoms with Crippen LogP contribution in [0.15, 0.2) is 30.6 Å². The first-order valence-corrected chi connectivity index (χ1v) is 5.65. The summed E-state index contributed by atoms with van der Waals surface area (Å²) in [6, 6.07) is 6.07. The molecule has 3 heterocycles. The van der Waals surface area contributed by atoms with Crippen molar-refractivity contribution in [1.29, 1.82) is 0 Å². The molecule has 0 saturated carbocycles. The summed E-state index contributed by atoms with van der Waals surface area (Å²) in [6.07, 6.45) is 3.88. The molecular formula is C12H15N5. The van der Waals surface area contributed by atoms with Crippen molar-refractivity contribution in [2.45, 2.75) is 13.1 Å². The largest absolute Gasteiger partial charge is 0.351 e. The van der Waals surface area contributed by atoms with Gasteiger partial charge in [0, 0.05) is 26.4 Å². The molecule has 0 spiro atoms. The Kier molecular flexibility index (Phi) is 2.07. The number of fused-ring (bicyclic) bond motifs is 1. The third kappa shape index (κ3) is 1.32. The van der Waals surface area contributed by atoms with Crippen LogP contribution in [-0.4, -0.2) is 28.0 Å². The smallest absolute Gasteiger partial charge is 0.159 e. The van der Waals surface area contributed by atoms with Crippen LogP contribution in [-0.2, 0) is 7.05 Å². The Labute approximate surface area is 100 Å². The minimum absolute atomic E-state index is 0.246. The van der Waals surface area contributed by atoms with Crippen molar-refractivity contribution in [1.82, 2.24) is 14.8 Å². The molecule has 3 rings (SSSR count). The van der Waals surface area contributed by atoms with Crippen LogP contribution >= 0.6 is 0 Å². The van der Waals surface area contributed by atoms with Crippen molar-refractivity contribution in [3.8, 4) is 0 Å². The SMILES string of the molecule is C[C@H]1N(C)c2cccnc2N1c1ccnn1C. The maximum Gasteiger partial charge on any atom is 0.159 e. The molecule has 2 aromatic heterocycles. The lowest BCUT2D eigenvalue weighted by molar-refractivity contribution is 0.682. The highest BCUT2D eigenvalue weighted by Crippen LogP contribution is 2.40. The number of anilines is 3. The summed E-state index contributed by atoms with van der Waals surface area (Å²) in [5.41, 5.74) is 1.15. The Morgan fingerprint density at radius 3 is 2.71 bits per heavy atom. The summed E-state index contributed by atoms with van der Waals surface area (Å²) in [6.45, 7) is 2.16. The van der Waals surface area contributed by atoms with Gasteiger partial charge in [0.05, 0.1) is 11.9 Å². The van der Waals surface area contributed by atoms with Crippen LogP contribution in [0.2, 0.25) is 0 Å². The van der Waals surface area contributed by atoms with E-state index in [2.05, 4.69) is 39.9 Å². The Hall–Kier alpha value is -2.04. The van der Waals surface area contributed by atoms with Gasteiger partial charge < -0.3 is 4.90 Å². The van der Waals surface area contributed by atoms with Crippen LogP contribution in [0.5, 0.6) is 0 Å². The second-order valence-corrected chi connectivity index (χ2v) is 4.27. The second kappa shape index (κ2) is 3.48. The van der Waals surface area contributed by atoms with Crippen LogP contribution in [0.25, 0.3) is 0 Å². The molecule has 2 aromatic rings. The fraction of sp³-hybridized carbons (Fsp3) is 0.333. The molecule has 0 amide bonds. The predicted octanol–water partition coefficient (Wildman–Crippen LogP) is 1.75. The van der Waals surface area contributed by atoms with Gasteiger partial charge in [-0.2, -0.15) is 5.10 Å². The van der Waals surface area contributed by atoms with E-state index >= 15 is 0 Å². The van der Waals surface area contributed by atoms with Gasteiger partial charge in [-0.1, -0.05) is 0 Å². The number of pyridine rings is 1. The fourth-order valence-corrected chi connectivity index (χ4v) is 2.30. The Morgan fingerprint density at radius 2 is 2.00 bits per heavy atom. The molecule has 0 unspecified atom stereocenters. The first-order chi connectivity index (χ1) is 8.20. The molecule has 1 aliphatic heterocycles. The quantitative estimate of drug-likeness (QED) is 0.746. The molecule has 5 heteroatoms. The molecule has 1 aliphatic rings. The predicted molar refractivity (Wildman–Crippen MR) is 67.4 cm³/mol. The number of aryl methyl sites for hydroxylation is 1. The first kappa shape index (κ1) is 10.1. The average molecular weight is 229 g/mol. The van der Waals surface area contributed by atoms with E-state index in [0.717, 1.165) is 17.3 Å². The lowest BCUT2D eigenvalue weighted by Crippen LogP contribution is -2.36. The van der Waals surface area contributed by atoms with Crippen molar-refractivity contribution in [3.05, 3.63) is 30.6 Å². The van der Waals surface area contributed by atoms with Crippen LogP contribution in [0.3, 0.4) is 0 Å². The van der Waals surface area contributed by atoms with Crippen LogP contribution < -0.4 is 9.80 Å². The Balaban J connectivity index is 2.16. The zero-order valence-electron chi connectivity index (χ0n) is 10.2. The summed E-state index contributed by atoms with van der Waals surface area (Å²) in [5, 5.41) is 4.22. The van der Waals surface area contributed by atoms with E-state index in [1.165, 1.54) is 0 Å². The summed E-state index contributed by atoms with van der Waals surface area (Å²) in [5.74, 6) is 2.05. The number of rotatable bonds is 1. The van der Waals surface area contributed by atoms with E-state index in [9.17, 15) is 0 Å². The summed E-state index contributed by atoms with van der Waals surface area (Å²) >= 11 is 0. The van der Waals surface area contributed by atoms with Crippen LogP contribution in [0, 0.1) is 0 Å². The lowest BCUT2D eigenvalue weighted by Gasteiger charge is -2.26. The number of hydrogen-bond acceptors (Lipinski definition) is 4. The zero-order chi connectivity index (χ0) is 12.0. The van der Waals surface area contributed by atoms with Crippen LogP contribution in [0.1, 0.15) is 6.92 Å². The van der Waals surface area contributed by atoms with Crippen molar-refractivity contribution in [3.63, 3.8) is 0 Å². The monoisotopic (exact) mass is 229 g/mol. The molecule has 0 radical (unpaired) electrons. The molecule has 0 fully saturated rings. The van der Waals surface area contributed by atoms with Gasteiger partial charge in [-0.25, -0.2) is 4.98 Å². The van der Waals surface area contributed by atoms with Gasteiger partial charge in [0.15, 0.2) is 5.82 Å². The maximum atomic E-state index is 4.48. The highest BCUT2D eigenvalue weighted by atomic mass is 15.5. The summed E-state index contributed by atoms with van der Waals surface area (Å²) in [7, 11) is 4.03. The van der Waals surface area contributed by atoms with Crippen LogP contribution in [0.4, 0.5) is 17.3 Å². The van der Waals surface area contributed by atoms with Crippen molar-refractivity contribution in [2.75, 3.05) is 16.8 Å².